The second-order valence-electron chi connectivity index (χ2n) is 5.91. The van der Waals surface area contributed by atoms with Gasteiger partial charge in [-0.3, -0.25) is 9.36 Å². The molecule has 0 saturated heterocycles. The number of nitrogens with two attached hydrogens (primary N) is 1. The first-order chi connectivity index (χ1) is 12.0. The molecule has 6 nitrogen and oxygen atoms in total. The van der Waals surface area contributed by atoms with Crippen LogP contribution in [0.5, 0.6) is 11.5 Å². The fourth-order valence-electron chi connectivity index (χ4n) is 3.07. The van der Waals surface area contributed by atoms with Crippen LogP contribution in [-0.4, -0.2) is 30.7 Å². The molecule has 8 heteroatoms. The molecule has 1 heterocycles. The number of nitrogens with one attached hydrogen (secondary N) is 1. The van der Waals surface area contributed by atoms with Crippen LogP contribution in [0.2, 0.25) is 0 Å². The maximum atomic E-state index is 12.6. The zero-order valence-electron chi connectivity index (χ0n) is 14.2. The van der Waals surface area contributed by atoms with Gasteiger partial charge in [0.25, 0.3) is 5.91 Å². The first-order valence-corrected chi connectivity index (χ1v) is 9.32. The number of rotatable bonds is 5. The normalized spacial score (nSPS) is 14.5. The fraction of sp³-hybridized carbons (Fsp3) is 0.412. The van der Waals surface area contributed by atoms with Gasteiger partial charge in [0.2, 0.25) is 0 Å². The Morgan fingerprint density at radius 2 is 2.04 bits per heavy atom. The molecule has 25 heavy (non-hydrogen) atoms. The van der Waals surface area contributed by atoms with E-state index in [4.69, 9.17) is 27.4 Å². The maximum Gasteiger partial charge on any atom is 0.265 e. The van der Waals surface area contributed by atoms with Crippen LogP contribution < -0.4 is 20.5 Å². The van der Waals surface area contributed by atoms with E-state index in [2.05, 4.69) is 5.32 Å². The van der Waals surface area contributed by atoms with Gasteiger partial charge in [0.1, 0.15) is 22.2 Å². The molecule has 0 unspecified atom stereocenters. The number of carbonyl (C=O) groups excluding carboxylic acids is 1. The van der Waals surface area contributed by atoms with Crippen molar-refractivity contribution < 1.29 is 14.3 Å². The number of methoxy groups -OCH3 is 2. The number of anilines is 1. The zero-order valence-corrected chi connectivity index (χ0v) is 15.8. The molecule has 1 amide bonds. The third kappa shape index (κ3) is 3.50. The number of hydrogen-bond acceptors (Lipinski definition) is 6. The third-order valence-corrected chi connectivity index (χ3v) is 5.76. The van der Waals surface area contributed by atoms with Gasteiger partial charge >= 0.3 is 0 Å². The third-order valence-electron chi connectivity index (χ3n) is 4.37. The summed E-state index contributed by atoms with van der Waals surface area (Å²) in [7, 11) is 3.16. The van der Waals surface area contributed by atoms with Crippen LogP contribution >= 0.6 is 23.6 Å². The lowest BCUT2D eigenvalue weighted by molar-refractivity contribution is 0.0942. The molecular formula is C17H21N3O3S2. The molecule has 1 aromatic carbocycles. The molecule has 1 fully saturated rings. The molecule has 0 aliphatic heterocycles. The summed E-state index contributed by atoms with van der Waals surface area (Å²) in [4.78, 5) is 13.0. The number of thiazole rings is 1. The Kier molecular flexibility index (Phi) is 5.29. The largest absolute Gasteiger partial charge is 0.497 e. The molecule has 0 bridgehead atoms. The Labute approximate surface area is 155 Å². The summed E-state index contributed by atoms with van der Waals surface area (Å²) >= 11 is 6.66. The summed E-state index contributed by atoms with van der Waals surface area (Å²) in [6.07, 6.45) is 4.34. The van der Waals surface area contributed by atoms with Crippen molar-refractivity contribution in [2.24, 2.45) is 0 Å². The number of amides is 1. The van der Waals surface area contributed by atoms with Crippen LogP contribution in [0.3, 0.4) is 0 Å². The van der Waals surface area contributed by atoms with Crippen molar-refractivity contribution >= 4 is 35.3 Å². The standard InChI is InChI=1S/C17H21N3O3S2/c1-22-11-7-8-12(13(9-11)23-2)20-15(18)14(25-17(20)24)16(21)19-10-5-3-4-6-10/h7-10H,3-6,18H2,1-2H3,(H,19,21). The highest BCUT2D eigenvalue weighted by molar-refractivity contribution is 7.73. The van der Waals surface area contributed by atoms with E-state index < -0.39 is 0 Å². The predicted molar refractivity (Wildman–Crippen MR) is 102 cm³/mol. The quantitative estimate of drug-likeness (QED) is 0.777. The van der Waals surface area contributed by atoms with Gasteiger partial charge in [-0.05, 0) is 37.2 Å². The number of hydrogen-bond donors (Lipinski definition) is 2. The summed E-state index contributed by atoms with van der Waals surface area (Å²) in [6, 6.07) is 5.60. The molecular weight excluding hydrogens is 358 g/mol. The highest BCUT2D eigenvalue weighted by atomic mass is 32.1. The lowest BCUT2D eigenvalue weighted by atomic mass is 10.2. The van der Waals surface area contributed by atoms with Crippen molar-refractivity contribution in [3.05, 3.63) is 27.0 Å². The summed E-state index contributed by atoms with van der Waals surface area (Å²) in [5.41, 5.74) is 6.95. The Bertz CT molecular complexity index is 838. The van der Waals surface area contributed by atoms with Gasteiger partial charge < -0.3 is 20.5 Å². The van der Waals surface area contributed by atoms with E-state index >= 15 is 0 Å². The molecule has 0 radical (unpaired) electrons. The molecule has 1 saturated carbocycles. The number of carbonyl (C=O) groups is 1. The lowest BCUT2D eigenvalue weighted by Crippen LogP contribution is -2.32. The highest BCUT2D eigenvalue weighted by Gasteiger charge is 2.23. The van der Waals surface area contributed by atoms with Crippen LogP contribution in [0.4, 0.5) is 5.82 Å². The average Bonchev–Trinajstić information content (AvgIpc) is 3.22. The number of benzene rings is 1. The van der Waals surface area contributed by atoms with E-state index in [1.54, 1.807) is 30.9 Å². The Balaban J connectivity index is 1.97. The second-order valence-corrected chi connectivity index (χ2v) is 7.55. The van der Waals surface area contributed by atoms with Crippen LogP contribution in [-0.2, 0) is 0 Å². The minimum absolute atomic E-state index is 0.160. The summed E-state index contributed by atoms with van der Waals surface area (Å²) in [6.45, 7) is 0. The van der Waals surface area contributed by atoms with Gasteiger partial charge in [-0.25, -0.2) is 0 Å². The van der Waals surface area contributed by atoms with Crippen molar-refractivity contribution in [2.75, 3.05) is 20.0 Å². The van der Waals surface area contributed by atoms with Gasteiger partial charge in [0.05, 0.1) is 19.9 Å². The average molecular weight is 380 g/mol. The second kappa shape index (κ2) is 7.45. The van der Waals surface area contributed by atoms with Gasteiger partial charge in [-0.15, -0.1) is 0 Å². The molecule has 2 aromatic rings. The lowest BCUT2D eigenvalue weighted by Gasteiger charge is -2.13. The molecule has 0 atom stereocenters. The summed E-state index contributed by atoms with van der Waals surface area (Å²) < 4.78 is 12.8. The SMILES string of the molecule is COc1ccc(-n2c(N)c(C(=O)NC3CCCC3)sc2=S)c(OC)c1. The number of nitrogen functional groups attached to an aromatic ring is 1. The first-order valence-electron chi connectivity index (χ1n) is 8.09. The molecule has 3 N–H and O–H groups in total. The van der Waals surface area contributed by atoms with E-state index in [0.29, 0.717) is 31.8 Å². The molecule has 1 aliphatic carbocycles. The van der Waals surface area contributed by atoms with Gasteiger partial charge in [0.15, 0.2) is 3.95 Å². The molecule has 0 spiro atoms. The van der Waals surface area contributed by atoms with Crippen LogP contribution in [0, 0.1) is 3.95 Å². The molecule has 1 aromatic heterocycles. The number of ether oxygens (including phenoxy) is 2. The summed E-state index contributed by atoms with van der Waals surface area (Å²) in [5, 5.41) is 3.06. The van der Waals surface area contributed by atoms with E-state index in [1.807, 2.05) is 6.07 Å². The maximum absolute atomic E-state index is 12.6. The molecule has 1 aliphatic rings. The summed E-state index contributed by atoms with van der Waals surface area (Å²) in [5.74, 6) is 1.41. The van der Waals surface area contributed by atoms with E-state index in [0.717, 1.165) is 25.7 Å². The topological polar surface area (TPSA) is 78.5 Å². The Morgan fingerprint density at radius 3 is 2.68 bits per heavy atom. The van der Waals surface area contributed by atoms with Crippen LogP contribution in [0.25, 0.3) is 5.69 Å². The molecule has 3 rings (SSSR count). The van der Waals surface area contributed by atoms with Crippen molar-refractivity contribution in [2.45, 2.75) is 31.7 Å². The first kappa shape index (κ1) is 17.8. The smallest absolute Gasteiger partial charge is 0.265 e. The van der Waals surface area contributed by atoms with Crippen molar-refractivity contribution in [1.29, 1.82) is 0 Å². The minimum atomic E-state index is -0.160. The van der Waals surface area contributed by atoms with Gasteiger partial charge in [0, 0.05) is 12.1 Å². The van der Waals surface area contributed by atoms with Gasteiger partial charge in [-0.1, -0.05) is 24.2 Å². The van der Waals surface area contributed by atoms with E-state index in [9.17, 15) is 4.79 Å². The molecule has 134 valence electrons. The van der Waals surface area contributed by atoms with Crippen molar-refractivity contribution in [3.8, 4) is 17.2 Å². The van der Waals surface area contributed by atoms with Crippen LogP contribution in [0.15, 0.2) is 18.2 Å². The van der Waals surface area contributed by atoms with Gasteiger partial charge in [-0.2, -0.15) is 0 Å². The minimum Gasteiger partial charge on any atom is -0.497 e. The predicted octanol–water partition coefficient (Wildman–Crippen LogP) is 3.54. The van der Waals surface area contributed by atoms with Crippen molar-refractivity contribution in [3.63, 3.8) is 0 Å². The van der Waals surface area contributed by atoms with E-state index in [1.165, 1.54) is 11.3 Å². The number of aromatic nitrogens is 1. The van der Waals surface area contributed by atoms with Crippen molar-refractivity contribution in [1.82, 2.24) is 9.88 Å². The van der Waals surface area contributed by atoms with Crippen LogP contribution in [0.1, 0.15) is 35.4 Å². The van der Waals surface area contributed by atoms with E-state index in [-0.39, 0.29) is 11.9 Å². The highest BCUT2D eigenvalue weighted by Crippen LogP contribution is 2.33. The Hall–Kier alpha value is -2.06. The Morgan fingerprint density at radius 1 is 1.32 bits per heavy atom. The number of nitrogens with zero attached hydrogens (tertiary/aromatic N) is 1. The monoisotopic (exact) mass is 379 g/mol. The zero-order chi connectivity index (χ0) is 18.0. The fourth-order valence-corrected chi connectivity index (χ4v) is 4.32.